The first-order valence-electron chi connectivity index (χ1n) is 9.71. The van der Waals surface area contributed by atoms with Gasteiger partial charge in [-0.3, -0.25) is 9.48 Å². The molecular weight excluding hydrogens is 383 g/mol. The Morgan fingerprint density at radius 1 is 1.20 bits per heavy atom. The summed E-state index contributed by atoms with van der Waals surface area (Å²) in [6.45, 7) is 5.83. The van der Waals surface area contributed by atoms with E-state index in [1.165, 1.54) is 12.1 Å². The summed E-state index contributed by atoms with van der Waals surface area (Å²) in [5.74, 6) is -0.449. The first-order valence-corrected chi connectivity index (χ1v) is 9.71. The van der Waals surface area contributed by atoms with Crippen molar-refractivity contribution in [2.24, 2.45) is 7.05 Å². The van der Waals surface area contributed by atoms with Crippen LogP contribution >= 0.6 is 0 Å². The second-order valence-electron chi connectivity index (χ2n) is 7.41. The highest BCUT2D eigenvalue weighted by atomic mass is 19.1. The molecule has 0 fully saturated rings. The largest absolute Gasteiger partial charge is 0.348 e. The van der Waals surface area contributed by atoms with E-state index in [2.05, 4.69) is 20.5 Å². The van der Waals surface area contributed by atoms with Crippen LogP contribution in [-0.4, -0.2) is 30.5 Å². The average molecular weight is 406 g/mol. The van der Waals surface area contributed by atoms with Crippen molar-refractivity contribution < 1.29 is 9.18 Å². The summed E-state index contributed by atoms with van der Waals surface area (Å²) in [7, 11) is 1.87. The summed E-state index contributed by atoms with van der Waals surface area (Å²) in [6.07, 6.45) is 3.45. The molecule has 3 heterocycles. The topological polar surface area (TPSA) is 77.6 Å². The summed E-state index contributed by atoms with van der Waals surface area (Å²) < 4.78 is 16.7. The summed E-state index contributed by atoms with van der Waals surface area (Å²) >= 11 is 0. The van der Waals surface area contributed by atoms with Crippen molar-refractivity contribution in [3.8, 4) is 11.1 Å². The number of halogens is 1. The summed E-state index contributed by atoms with van der Waals surface area (Å²) in [4.78, 5) is 17.1. The fourth-order valence-corrected chi connectivity index (χ4v) is 3.70. The normalized spacial score (nSPS) is 12.3. The third-order valence-corrected chi connectivity index (χ3v) is 5.37. The van der Waals surface area contributed by atoms with Crippen molar-refractivity contribution in [3.63, 3.8) is 0 Å². The maximum atomic E-state index is 13.3. The first kappa shape index (κ1) is 19.8. The molecule has 1 N–H and O–H groups in total. The van der Waals surface area contributed by atoms with Gasteiger partial charge < -0.3 is 5.32 Å². The number of fused-ring (bicyclic) bond motifs is 1. The van der Waals surface area contributed by atoms with Gasteiger partial charge in [-0.1, -0.05) is 12.1 Å². The smallest absolute Gasteiger partial charge is 0.242 e. The number of hydrogen-bond donors (Lipinski definition) is 1. The van der Waals surface area contributed by atoms with Crippen LogP contribution in [0.1, 0.15) is 29.9 Å². The Kier molecular flexibility index (Phi) is 5.07. The number of aromatic nitrogens is 5. The molecule has 1 atom stereocenters. The predicted molar refractivity (Wildman–Crippen MR) is 112 cm³/mol. The van der Waals surface area contributed by atoms with E-state index in [0.29, 0.717) is 5.65 Å². The Morgan fingerprint density at radius 3 is 2.60 bits per heavy atom. The van der Waals surface area contributed by atoms with Crippen molar-refractivity contribution in [2.75, 3.05) is 0 Å². The van der Waals surface area contributed by atoms with Crippen molar-refractivity contribution in [1.82, 2.24) is 29.9 Å². The van der Waals surface area contributed by atoms with Crippen molar-refractivity contribution >= 4 is 16.9 Å². The van der Waals surface area contributed by atoms with E-state index >= 15 is 0 Å². The Morgan fingerprint density at radius 2 is 1.93 bits per heavy atom. The molecule has 8 heteroatoms. The second-order valence-corrected chi connectivity index (χ2v) is 7.41. The molecule has 0 bridgehead atoms. The number of rotatable bonds is 5. The molecular formula is C22H23FN6O. The van der Waals surface area contributed by atoms with Crippen LogP contribution in [0.25, 0.3) is 22.2 Å². The van der Waals surface area contributed by atoms with Crippen LogP contribution in [-0.2, 0) is 18.4 Å². The SMILES string of the molecule is Cc1nn(CC(=O)NC(C)c2cnn(C)c2C)c2nccc(-c3ccc(F)cc3)c12. The standard InChI is InChI=1S/C22H23FN6O/c1-13(19-11-25-28(4)15(19)3)26-20(30)12-29-22-21(14(2)27-29)18(9-10-24-22)16-5-7-17(23)8-6-16/h5-11,13H,12H2,1-4H3,(H,26,30). The van der Waals surface area contributed by atoms with Crippen LogP contribution in [0.5, 0.6) is 0 Å². The van der Waals surface area contributed by atoms with E-state index in [4.69, 9.17) is 0 Å². The van der Waals surface area contributed by atoms with Gasteiger partial charge in [0.1, 0.15) is 12.4 Å². The Bertz CT molecular complexity index is 1220. The number of hydrogen-bond acceptors (Lipinski definition) is 4. The molecule has 1 aromatic carbocycles. The molecule has 4 rings (SSSR count). The lowest BCUT2D eigenvalue weighted by molar-refractivity contribution is -0.122. The first-order chi connectivity index (χ1) is 14.3. The van der Waals surface area contributed by atoms with Gasteiger partial charge in [-0.2, -0.15) is 10.2 Å². The van der Waals surface area contributed by atoms with E-state index in [0.717, 1.165) is 33.5 Å². The molecule has 1 amide bonds. The number of benzene rings is 1. The molecule has 0 saturated carbocycles. The summed E-state index contributed by atoms with van der Waals surface area (Å²) in [5.41, 5.74) is 5.15. The van der Waals surface area contributed by atoms with Crippen molar-refractivity contribution in [1.29, 1.82) is 0 Å². The third-order valence-electron chi connectivity index (χ3n) is 5.37. The molecule has 3 aromatic heterocycles. The molecule has 0 aliphatic carbocycles. The minimum atomic E-state index is -0.286. The van der Waals surface area contributed by atoms with Crippen LogP contribution in [0.3, 0.4) is 0 Å². The van der Waals surface area contributed by atoms with E-state index in [1.807, 2.05) is 33.9 Å². The highest BCUT2D eigenvalue weighted by molar-refractivity contribution is 5.95. The van der Waals surface area contributed by atoms with Gasteiger partial charge in [0, 0.05) is 29.9 Å². The number of carbonyl (C=O) groups excluding carboxylic acids is 1. The maximum Gasteiger partial charge on any atom is 0.242 e. The lowest BCUT2D eigenvalue weighted by Crippen LogP contribution is -2.30. The molecule has 0 saturated heterocycles. The van der Waals surface area contributed by atoms with E-state index in [9.17, 15) is 9.18 Å². The molecule has 0 radical (unpaired) electrons. The van der Waals surface area contributed by atoms with Gasteiger partial charge in [0.25, 0.3) is 0 Å². The van der Waals surface area contributed by atoms with Crippen LogP contribution in [0.2, 0.25) is 0 Å². The molecule has 0 spiro atoms. The van der Waals surface area contributed by atoms with Crippen LogP contribution in [0.4, 0.5) is 4.39 Å². The number of nitrogens with one attached hydrogen (secondary N) is 1. The highest BCUT2D eigenvalue weighted by Gasteiger charge is 2.18. The van der Waals surface area contributed by atoms with Gasteiger partial charge >= 0.3 is 0 Å². The fourth-order valence-electron chi connectivity index (χ4n) is 3.70. The zero-order valence-corrected chi connectivity index (χ0v) is 17.3. The zero-order valence-electron chi connectivity index (χ0n) is 17.3. The number of aryl methyl sites for hydroxylation is 2. The minimum absolute atomic E-state index is 0.0495. The molecule has 0 aliphatic heterocycles. The molecule has 154 valence electrons. The van der Waals surface area contributed by atoms with Crippen LogP contribution in [0.15, 0.2) is 42.7 Å². The third kappa shape index (κ3) is 3.56. The number of nitrogens with zero attached hydrogens (tertiary/aromatic N) is 5. The second kappa shape index (κ2) is 7.70. The quantitative estimate of drug-likeness (QED) is 0.551. The molecule has 30 heavy (non-hydrogen) atoms. The van der Waals surface area contributed by atoms with E-state index in [1.54, 1.807) is 33.9 Å². The lowest BCUT2D eigenvalue weighted by Gasteiger charge is -2.14. The number of carbonyl (C=O) groups is 1. The highest BCUT2D eigenvalue weighted by Crippen LogP contribution is 2.30. The van der Waals surface area contributed by atoms with Crippen molar-refractivity contribution in [3.05, 3.63) is 65.5 Å². The number of pyridine rings is 1. The van der Waals surface area contributed by atoms with E-state index in [-0.39, 0.29) is 24.3 Å². The molecule has 4 aromatic rings. The summed E-state index contributed by atoms with van der Waals surface area (Å²) in [5, 5.41) is 12.6. The number of amides is 1. The van der Waals surface area contributed by atoms with E-state index < -0.39 is 0 Å². The average Bonchev–Trinajstić information content (AvgIpc) is 3.22. The fraction of sp³-hybridized carbons (Fsp3) is 0.273. The predicted octanol–water partition coefficient (Wildman–Crippen LogP) is 3.47. The molecule has 1 unspecified atom stereocenters. The van der Waals surface area contributed by atoms with Gasteiger partial charge in [0.15, 0.2) is 5.65 Å². The molecule has 7 nitrogen and oxygen atoms in total. The zero-order chi connectivity index (χ0) is 21.4. The Balaban J connectivity index is 1.61. The van der Waals surface area contributed by atoms with Crippen molar-refractivity contribution in [2.45, 2.75) is 33.4 Å². The Labute approximate surface area is 173 Å². The summed E-state index contributed by atoms with van der Waals surface area (Å²) in [6, 6.07) is 8.02. The molecule has 0 aliphatic rings. The van der Waals surface area contributed by atoms with Crippen LogP contribution in [0, 0.1) is 19.7 Å². The van der Waals surface area contributed by atoms with Gasteiger partial charge in [0.05, 0.1) is 17.9 Å². The van der Waals surface area contributed by atoms with Gasteiger partial charge in [0.2, 0.25) is 5.91 Å². The van der Waals surface area contributed by atoms with Gasteiger partial charge in [-0.15, -0.1) is 0 Å². The maximum absolute atomic E-state index is 13.3. The monoisotopic (exact) mass is 406 g/mol. The lowest BCUT2D eigenvalue weighted by atomic mass is 10.0. The minimum Gasteiger partial charge on any atom is -0.348 e. The van der Waals surface area contributed by atoms with Gasteiger partial charge in [-0.05, 0) is 50.1 Å². The van der Waals surface area contributed by atoms with Crippen LogP contribution < -0.4 is 5.32 Å². The Hall–Kier alpha value is -3.55. The van der Waals surface area contributed by atoms with Gasteiger partial charge in [-0.25, -0.2) is 14.1 Å².